The van der Waals surface area contributed by atoms with Crippen LogP contribution in [0.4, 0.5) is 9.52 Å². The number of carbonyl (C=O) groups excluding carboxylic acids is 1. The maximum Gasteiger partial charge on any atom is 0.282 e. The first-order valence-corrected chi connectivity index (χ1v) is 7.61. The van der Waals surface area contributed by atoms with Gasteiger partial charge in [0.05, 0.1) is 10.9 Å². The van der Waals surface area contributed by atoms with Crippen molar-refractivity contribution in [2.75, 3.05) is 5.32 Å². The summed E-state index contributed by atoms with van der Waals surface area (Å²) in [6, 6.07) is 3.77. The Hall–Kier alpha value is -2.68. The van der Waals surface area contributed by atoms with Crippen molar-refractivity contribution in [1.29, 1.82) is 0 Å². The molecule has 0 spiro atoms. The molecular formula is C14H12FN5O2S. The number of anilines is 1. The molecule has 2 aromatic heterocycles. The lowest BCUT2D eigenvalue weighted by atomic mass is 10.2. The molecule has 118 valence electrons. The van der Waals surface area contributed by atoms with Crippen LogP contribution in [-0.2, 0) is 13.5 Å². The Morgan fingerprint density at radius 2 is 2.17 bits per heavy atom. The summed E-state index contributed by atoms with van der Waals surface area (Å²) in [7, 11) is 1.58. The minimum Gasteiger partial charge on any atom is -0.295 e. The van der Waals surface area contributed by atoms with Crippen LogP contribution in [0, 0.1) is 5.82 Å². The van der Waals surface area contributed by atoms with Crippen LogP contribution in [0.15, 0.2) is 23.0 Å². The van der Waals surface area contributed by atoms with Crippen LogP contribution in [0.2, 0.25) is 0 Å². The summed E-state index contributed by atoms with van der Waals surface area (Å²) in [5.41, 5.74) is -0.508. The first-order valence-electron chi connectivity index (χ1n) is 6.80. The van der Waals surface area contributed by atoms with Gasteiger partial charge in [0.1, 0.15) is 10.8 Å². The fourth-order valence-electron chi connectivity index (χ4n) is 2.10. The fraction of sp³-hybridized carbons (Fsp3) is 0.214. The van der Waals surface area contributed by atoms with Crippen LogP contribution >= 0.6 is 11.3 Å². The second kappa shape index (κ2) is 5.84. The summed E-state index contributed by atoms with van der Waals surface area (Å²) in [6.45, 7) is 1.92. The molecule has 23 heavy (non-hydrogen) atoms. The molecule has 7 nitrogen and oxygen atoms in total. The molecule has 0 aliphatic rings. The van der Waals surface area contributed by atoms with Crippen molar-refractivity contribution >= 4 is 33.3 Å². The van der Waals surface area contributed by atoms with Crippen molar-refractivity contribution in [1.82, 2.24) is 20.0 Å². The number of nitrogens with one attached hydrogen (secondary N) is 1. The van der Waals surface area contributed by atoms with E-state index in [1.54, 1.807) is 7.05 Å². The minimum absolute atomic E-state index is 0.0964. The van der Waals surface area contributed by atoms with Crippen molar-refractivity contribution in [2.45, 2.75) is 13.3 Å². The van der Waals surface area contributed by atoms with E-state index in [0.717, 1.165) is 11.1 Å². The molecule has 0 bridgehead atoms. The van der Waals surface area contributed by atoms with Gasteiger partial charge in [-0.15, -0.1) is 10.2 Å². The molecule has 0 radical (unpaired) electrons. The summed E-state index contributed by atoms with van der Waals surface area (Å²) in [6.07, 6.45) is 0.697. The Bertz CT molecular complexity index is 965. The molecule has 1 N–H and O–H groups in total. The van der Waals surface area contributed by atoms with Gasteiger partial charge in [0, 0.05) is 7.05 Å². The molecule has 0 atom stereocenters. The van der Waals surface area contributed by atoms with Gasteiger partial charge in [-0.1, -0.05) is 18.3 Å². The van der Waals surface area contributed by atoms with Gasteiger partial charge in [-0.3, -0.25) is 19.6 Å². The smallest absolute Gasteiger partial charge is 0.282 e. The molecule has 0 saturated heterocycles. The van der Waals surface area contributed by atoms with E-state index in [-0.39, 0.29) is 16.2 Å². The van der Waals surface area contributed by atoms with Crippen LogP contribution in [0.5, 0.6) is 0 Å². The van der Waals surface area contributed by atoms with Crippen molar-refractivity contribution in [3.63, 3.8) is 0 Å². The molecular weight excluding hydrogens is 321 g/mol. The highest BCUT2D eigenvalue weighted by Crippen LogP contribution is 2.16. The first kappa shape index (κ1) is 15.2. The lowest BCUT2D eigenvalue weighted by molar-refractivity contribution is 0.101. The van der Waals surface area contributed by atoms with Gasteiger partial charge in [-0.05, 0) is 24.6 Å². The normalized spacial score (nSPS) is 10.9. The quantitative estimate of drug-likeness (QED) is 0.788. The predicted molar refractivity (Wildman–Crippen MR) is 84.2 cm³/mol. The summed E-state index contributed by atoms with van der Waals surface area (Å²) in [4.78, 5) is 24.7. The van der Waals surface area contributed by atoms with Crippen LogP contribution in [0.3, 0.4) is 0 Å². The standard InChI is InChI=1S/C14H12FN5O2S/c1-3-10-17-18-14(23-10)16-13(22)11-12(21)8-6-7(15)4-5-9(8)20(2)19-11/h4-6H,3H2,1-2H3,(H,16,18,22). The molecule has 0 aliphatic carbocycles. The van der Waals surface area contributed by atoms with E-state index in [1.807, 2.05) is 6.92 Å². The summed E-state index contributed by atoms with van der Waals surface area (Å²) in [5.74, 6) is -1.25. The SMILES string of the molecule is CCc1nnc(NC(=O)c2nn(C)c3ccc(F)cc3c2=O)s1. The third-order valence-electron chi connectivity index (χ3n) is 3.22. The van der Waals surface area contributed by atoms with Gasteiger partial charge in [0.15, 0.2) is 5.69 Å². The van der Waals surface area contributed by atoms with E-state index in [2.05, 4.69) is 20.6 Å². The molecule has 1 aromatic carbocycles. The number of fused-ring (bicyclic) bond motifs is 1. The summed E-state index contributed by atoms with van der Waals surface area (Å²) >= 11 is 1.22. The Morgan fingerprint density at radius 1 is 1.39 bits per heavy atom. The number of nitrogens with zero attached hydrogens (tertiary/aromatic N) is 4. The van der Waals surface area contributed by atoms with E-state index in [0.29, 0.717) is 11.9 Å². The summed E-state index contributed by atoms with van der Waals surface area (Å²) < 4.78 is 14.7. The molecule has 0 unspecified atom stereocenters. The zero-order chi connectivity index (χ0) is 16.6. The zero-order valence-electron chi connectivity index (χ0n) is 12.3. The number of hydrogen-bond acceptors (Lipinski definition) is 6. The van der Waals surface area contributed by atoms with Gasteiger partial charge in [-0.2, -0.15) is 5.10 Å². The number of aromatic nitrogens is 4. The maximum atomic E-state index is 13.4. The average Bonchev–Trinajstić information content (AvgIpc) is 2.98. The largest absolute Gasteiger partial charge is 0.295 e. The molecule has 0 fully saturated rings. The zero-order valence-corrected chi connectivity index (χ0v) is 13.1. The van der Waals surface area contributed by atoms with E-state index >= 15 is 0 Å². The van der Waals surface area contributed by atoms with Crippen LogP contribution in [-0.4, -0.2) is 25.9 Å². The monoisotopic (exact) mass is 333 g/mol. The van der Waals surface area contributed by atoms with Gasteiger partial charge in [0.25, 0.3) is 5.91 Å². The van der Waals surface area contributed by atoms with Crippen LogP contribution < -0.4 is 10.7 Å². The summed E-state index contributed by atoms with van der Waals surface area (Å²) in [5, 5.41) is 15.3. The second-order valence-electron chi connectivity index (χ2n) is 4.77. The third kappa shape index (κ3) is 2.82. The van der Waals surface area contributed by atoms with Crippen LogP contribution in [0.1, 0.15) is 22.4 Å². The van der Waals surface area contributed by atoms with Gasteiger partial charge < -0.3 is 0 Å². The lowest BCUT2D eigenvalue weighted by Crippen LogP contribution is -2.26. The minimum atomic E-state index is -0.699. The predicted octanol–water partition coefficient (Wildman–Crippen LogP) is 1.74. The van der Waals surface area contributed by atoms with Gasteiger partial charge in [-0.25, -0.2) is 4.39 Å². The second-order valence-corrected chi connectivity index (χ2v) is 5.83. The number of carbonyl (C=O) groups is 1. The topological polar surface area (TPSA) is 89.8 Å². The van der Waals surface area contributed by atoms with E-state index in [1.165, 1.54) is 28.2 Å². The van der Waals surface area contributed by atoms with E-state index in [4.69, 9.17) is 0 Å². The molecule has 1 amide bonds. The van der Waals surface area contributed by atoms with E-state index in [9.17, 15) is 14.0 Å². The number of aryl methyl sites for hydroxylation is 2. The number of hydrogen-bond donors (Lipinski definition) is 1. The van der Waals surface area contributed by atoms with Crippen molar-refractivity contribution in [3.05, 3.63) is 44.9 Å². The maximum absolute atomic E-state index is 13.4. The molecule has 9 heteroatoms. The number of halogens is 1. The molecule has 0 aliphatic heterocycles. The number of benzene rings is 1. The molecule has 3 rings (SSSR count). The first-order chi connectivity index (χ1) is 11.0. The van der Waals surface area contributed by atoms with Crippen molar-refractivity contribution in [2.24, 2.45) is 7.05 Å². The molecule has 0 saturated carbocycles. The highest BCUT2D eigenvalue weighted by atomic mass is 32.1. The number of amides is 1. The van der Waals surface area contributed by atoms with Crippen molar-refractivity contribution < 1.29 is 9.18 Å². The Morgan fingerprint density at radius 3 is 2.87 bits per heavy atom. The average molecular weight is 333 g/mol. The Balaban J connectivity index is 2.03. The molecule has 3 aromatic rings. The molecule has 2 heterocycles. The lowest BCUT2D eigenvalue weighted by Gasteiger charge is -2.07. The van der Waals surface area contributed by atoms with Gasteiger partial charge in [0.2, 0.25) is 10.6 Å². The third-order valence-corrected chi connectivity index (χ3v) is 4.20. The fourth-order valence-corrected chi connectivity index (χ4v) is 2.78. The Kier molecular flexibility index (Phi) is 3.87. The van der Waals surface area contributed by atoms with Crippen LogP contribution in [0.25, 0.3) is 10.9 Å². The van der Waals surface area contributed by atoms with Gasteiger partial charge >= 0.3 is 0 Å². The number of rotatable bonds is 3. The van der Waals surface area contributed by atoms with Crippen molar-refractivity contribution in [3.8, 4) is 0 Å². The van der Waals surface area contributed by atoms with E-state index < -0.39 is 17.2 Å². The Labute approximate surface area is 133 Å². The highest BCUT2D eigenvalue weighted by molar-refractivity contribution is 7.15. The highest BCUT2D eigenvalue weighted by Gasteiger charge is 2.18.